The number of nitrogens with zero attached hydrogens (tertiary/aromatic N) is 2. The van der Waals surface area contributed by atoms with Gasteiger partial charge in [0.1, 0.15) is 10.2 Å². The predicted molar refractivity (Wildman–Crippen MR) is 82.2 cm³/mol. The van der Waals surface area contributed by atoms with E-state index in [2.05, 4.69) is 26.3 Å². The summed E-state index contributed by atoms with van der Waals surface area (Å²) in [5.41, 5.74) is 2.70. The van der Waals surface area contributed by atoms with E-state index in [1.165, 1.54) is 4.68 Å². The number of halogens is 1. The van der Waals surface area contributed by atoms with Crippen molar-refractivity contribution >= 4 is 21.6 Å². The molecule has 1 heterocycles. The van der Waals surface area contributed by atoms with Crippen molar-refractivity contribution in [1.82, 2.24) is 9.78 Å². The molecule has 106 valence electrons. The molecule has 0 aliphatic heterocycles. The van der Waals surface area contributed by atoms with Crippen molar-refractivity contribution in [3.05, 3.63) is 50.3 Å². The number of aryl methyl sites for hydroxylation is 2. The Balaban J connectivity index is 2.15. The maximum atomic E-state index is 11.7. The fourth-order valence-corrected chi connectivity index (χ4v) is 2.38. The Morgan fingerprint density at radius 3 is 2.85 bits per heavy atom. The lowest BCUT2D eigenvalue weighted by atomic mass is 10.1. The summed E-state index contributed by atoms with van der Waals surface area (Å²) in [7, 11) is 3.27. The van der Waals surface area contributed by atoms with Crippen molar-refractivity contribution in [1.29, 1.82) is 0 Å². The molecule has 1 aromatic carbocycles. The molecule has 0 saturated carbocycles. The Labute approximate surface area is 125 Å². The molecule has 0 radical (unpaired) electrons. The second-order valence-electron chi connectivity index (χ2n) is 4.46. The molecule has 0 bridgehead atoms. The SMILES string of the molecule is COc1ccc(CNc2cnn(C)c(=O)c2Br)cc1C. The van der Waals surface area contributed by atoms with E-state index >= 15 is 0 Å². The van der Waals surface area contributed by atoms with Crippen LogP contribution in [-0.4, -0.2) is 16.9 Å². The summed E-state index contributed by atoms with van der Waals surface area (Å²) < 4.78 is 7.00. The van der Waals surface area contributed by atoms with Crippen LogP contribution in [0.4, 0.5) is 5.69 Å². The van der Waals surface area contributed by atoms with E-state index in [0.29, 0.717) is 16.7 Å². The smallest absolute Gasteiger partial charge is 0.282 e. The molecule has 1 N–H and O–H groups in total. The zero-order chi connectivity index (χ0) is 14.7. The number of hydrogen-bond acceptors (Lipinski definition) is 4. The van der Waals surface area contributed by atoms with Crippen LogP contribution in [0.25, 0.3) is 0 Å². The number of ether oxygens (including phenoxy) is 1. The predicted octanol–water partition coefficient (Wildman–Crippen LogP) is 2.47. The van der Waals surface area contributed by atoms with Gasteiger partial charge in [0, 0.05) is 13.6 Å². The Morgan fingerprint density at radius 2 is 2.20 bits per heavy atom. The Morgan fingerprint density at radius 1 is 1.45 bits per heavy atom. The summed E-state index contributed by atoms with van der Waals surface area (Å²) >= 11 is 3.29. The standard InChI is InChI=1S/C14H16BrN3O2/c1-9-6-10(4-5-12(9)20-3)7-16-11-8-17-18(2)14(19)13(11)15/h4-6,8,16H,7H2,1-3H3. The molecule has 0 amide bonds. The van der Waals surface area contributed by atoms with Gasteiger partial charge in [-0.15, -0.1) is 0 Å². The number of hydrogen-bond donors (Lipinski definition) is 1. The van der Waals surface area contributed by atoms with E-state index in [1.807, 2.05) is 25.1 Å². The fourth-order valence-electron chi connectivity index (χ4n) is 1.88. The first-order valence-corrected chi connectivity index (χ1v) is 6.91. The van der Waals surface area contributed by atoms with Crippen LogP contribution in [0, 0.1) is 6.92 Å². The van der Waals surface area contributed by atoms with Crippen LogP contribution < -0.4 is 15.6 Å². The van der Waals surface area contributed by atoms with Crippen molar-refractivity contribution in [3.8, 4) is 5.75 Å². The van der Waals surface area contributed by atoms with Crippen LogP contribution in [-0.2, 0) is 13.6 Å². The van der Waals surface area contributed by atoms with Crippen LogP contribution in [0.15, 0.2) is 33.7 Å². The van der Waals surface area contributed by atoms with E-state index in [-0.39, 0.29) is 5.56 Å². The molecule has 20 heavy (non-hydrogen) atoms. The van der Waals surface area contributed by atoms with Gasteiger partial charge in [-0.05, 0) is 40.0 Å². The highest BCUT2D eigenvalue weighted by Crippen LogP contribution is 2.20. The lowest BCUT2D eigenvalue weighted by molar-refractivity contribution is 0.411. The van der Waals surface area contributed by atoms with Crippen LogP contribution >= 0.6 is 15.9 Å². The highest BCUT2D eigenvalue weighted by atomic mass is 79.9. The van der Waals surface area contributed by atoms with Crippen molar-refractivity contribution in [2.75, 3.05) is 12.4 Å². The maximum absolute atomic E-state index is 11.7. The van der Waals surface area contributed by atoms with E-state index in [1.54, 1.807) is 20.4 Å². The van der Waals surface area contributed by atoms with Crippen LogP contribution in [0.2, 0.25) is 0 Å². The molecular weight excluding hydrogens is 322 g/mol. The summed E-state index contributed by atoms with van der Waals surface area (Å²) in [4.78, 5) is 11.7. The van der Waals surface area contributed by atoms with Gasteiger partial charge in [-0.2, -0.15) is 5.10 Å². The largest absolute Gasteiger partial charge is 0.496 e. The third-order valence-electron chi connectivity index (χ3n) is 3.02. The molecule has 0 aliphatic rings. The third-order valence-corrected chi connectivity index (χ3v) is 3.79. The van der Waals surface area contributed by atoms with Gasteiger partial charge in [-0.25, -0.2) is 4.68 Å². The van der Waals surface area contributed by atoms with Gasteiger partial charge in [0.25, 0.3) is 5.56 Å². The summed E-state index contributed by atoms with van der Waals surface area (Å²) in [6.45, 7) is 2.61. The number of anilines is 1. The number of rotatable bonds is 4. The molecule has 5 nitrogen and oxygen atoms in total. The second-order valence-corrected chi connectivity index (χ2v) is 5.25. The zero-order valence-electron chi connectivity index (χ0n) is 11.6. The molecule has 0 fully saturated rings. The first kappa shape index (κ1) is 14.6. The van der Waals surface area contributed by atoms with Gasteiger partial charge in [-0.1, -0.05) is 12.1 Å². The lowest BCUT2D eigenvalue weighted by Crippen LogP contribution is -2.21. The average Bonchev–Trinajstić information content (AvgIpc) is 2.44. The van der Waals surface area contributed by atoms with E-state index in [9.17, 15) is 4.79 Å². The molecule has 6 heteroatoms. The summed E-state index contributed by atoms with van der Waals surface area (Å²) in [6, 6.07) is 5.97. The van der Waals surface area contributed by atoms with Gasteiger partial charge >= 0.3 is 0 Å². The third kappa shape index (κ3) is 3.01. The highest BCUT2D eigenvalue weighted by molar-refractivity contribution is 9.10. The number of methoxy groups -OCH3 is 1. The van der Waals surface area contributed by atoms with Crippen molar-refractivity contribution < 1.29 is 4.74 Å². The summed E-state index contributed by atoms with van der Waals surface area (Å²) in [5, 5.41) is 7.19. The van der Waals surface area contributed by atoms with Crippen LogP contribution in [0.3, 0.4) is 0 Å². The van der Waals surface area contributed by atoms with E-state index in [4.69, 9.17) is 4.74 Å². The highest BCUT2D eigenvalue weighted by Gasteiger charge is 2.07. The normalized spacial score (nSPS) is 10.4. The summed E-state index contributed by atoms with van der Waals surface area (Å²) in [5.74, 6) is 0.866. The monoisotopic (exact) mass is 337 g/mol. The van der Waals surface area contributed by atoms with Crippen molar-refractivity contribution in [2.24, 2.45) is 7.05 Å². The Kier molecular flexibility index (Phi) is 4.44. The number of benzene rings is 1. The Bertz CT molecular complexity index is 683. The minimum absolute atomic E-state index is 0.166. The van der Waals surface area contributed by atoms with E-state index in [0.717, 1.165) is 16.9 Å². The van der Waals surface area contributed by atoms with Gasteiger partial charge in [-0.3, -0.25) is 4.79 Å². The molecule has 0 spiro atoms. The first-order valence-electron chi connectivity index (χ1n) is 6.12. The minimum Gasteiger partial charge on any atom is -0.496 e. The quantitative estimate of drug-likeness (QED) is 0.931. The van der Waals surface area contributed by atoms with Gasteiger partial charge < -0.3 is 10.1 Å². The lowest BCUT2D eigenvalue weighted by Gasteiger charge is -2.10. The second kappa shape index (κ2) is 6.09. The molecule has 0 saturated heterocycles. The molecular formula is C14H16BrN3O2. The number of nitrogens with one attached hydrogen (secondary N) is 1. The van der Waals surface area contributed by atoms with Crippen molar-refractivity contribution in [3.63, 3.8) is 0 Å². The molecule has 0 atom stereocenters. The maximum Gasteiger partial charge on any atom is 0.282 e. The zero-order valence-corrected chi connectivity index (χ0v) is 13.2. The van der Waals surface area contributed by atoms with Crippen LogP contribution in [0.5, 0.6) is 5.75 Å². The molecule has 2 aromatic rings. The topological polar surface area (TPSA) is 56.1 Å². The number of aromatic nitrogens is 2. The van der Waals surface area contributed by atoms with Crippen molar-refractivity contribution in [2.45, 2.75) is 13.5 Å². The Hall–Kier alpha value is -1.82. The van der Waals surface area contributed by atoms with Gasteiger partial charge in [0.2, 0.25) is 0 Å². The molecule has 0 unspecified atom stereocenters. The average molecular weight is 338 g/mol. The summed E-state index contributed by atoms with van der Waals surface area (Å²) in [6.07, 6.45) is 1.63. The minimum atomic E-state index is -0.166. The molecule has 2 rings (SSSR count). The first-order chi connectivity index (χ1) is 9.52. The van der Waals surface area contributed by atoms with Crippen LogP contribution in [0.1, 0.15) is 11.1 Å². The molecule has 0 aliphatic carbocycles. The molecule has 1 aromatic heterocycles. The van der Waals surface area contributed by atoms with Gasteiger partial charge in [0.15, 0.2) is 0 Å². The fraction of sp³-hybridized carbons (Fsp3) is 0.286. The van der Waals surface area contributed by atoms with E-state index < -0.39 is 0 Å². The van der Waals surface area contributed by atoms with Gasteiger partial charge in [0.05, 0.1) is 19.0 Å².